The molecule has 0 bridgehead atoms. The third-order valence-corrected chi connectivity index (χ3v) is 4.93. The van der Waals surface area contributed by atoms with E-state index in [0.29, 0.717) is 16.8 Å². The molecule has 2 aromatic rings. The fourth-order valence-corrected chi connectivity index (χ4v) is 3.47. The highest BCUT2D eigenvalue weighted by Gasteiger charge is 2.39. The molecular formula is C20H18FN3O4. The molecule has 0 aliphatic carbocycles. The van der Waals surface area contributed by atoms with E-state index in [1.165, 1.54) is 18.2 Å². The molecule has 1 unspecified atom stereocenters. The predicted octanol–water partition coefficient (Wildman–Crippen LogP) is 1.90. The standard InChI is InChI=1S/C20H18FN3O4/c21-18-11(3-1-6-16(18)25)9-22-14-5-2-4-12-13(14)10-24(20(12)28)15-7-8-17(26)23-19(15)27/h1-6,15,22,25H,7-10H2,(H,23,26,27)/i15D. The lowest BCUT2D eigenvalue weighted by Crippen LogP contribution is -2.52. The Morgan fingerprint density at radius 1 is 1.25 bits per heavy atom. The Kier molecular flexibility index (Phi) is 4.16. The topological polar surface area (TPSA) is 98.7 Å². The van der Waals surface area contributed by atoms with Gasteiger partial charge in [-0.3, -0.25) is 19.7 Å². The van der Waals surface area contributed by atoms with Crippen molar-refractivity contribution in [1.29, 1.82) is 0 Å². The lowest BCUT2D eigenvalue weighted by Gasteiger charge is -2.29. The molecule has 0 aromatic heterocycles. The minimum atomic E-state index is -1.86. The van der Waals surface area contributed by atoms with Crippen LogP contribution in [0.15, 0.2) is 36.4 Å². The molecule has 2 heterocycles. The van der Waals surface area contributed by atoms with Crippen LogP contribution in [0.25, 0.3) is 0 Å². The maximum atomic E-state index is 14.0. The molecule has 3 amide bonds. The van der Waals surface area contributed by atoms with Crippen molar-refractivity contribution in [3.63, 3.8) is 0 Å². The number of carbonyl (C=O) groups is 3. The van der Waals surface area contributed by atoms with Crippen LogP contribution in [0.1, 0.15) is 35.7 Å². The third kappa shape index (κ3) is 3.06. The number of carbonyl (C=O) groups excluding carboxylic acids is 3. The molecule has 7 nitrogen and oxygen atoms in total. The summed E-state index contributed by atoms with van der Waals surface area (Å²) in [5, 5.41) is 14.7. The van der Waals surface area contributed by atoms with Crippen molar-refractivity contribution in [2.45, 2.75) is 31.9 Å². The second kappa shape index (κ2) is 6.95. The summed E-state index contributed by atoms with van der Waals surface area (Å²) in [4.78, 5) is 37.7. The average Bonchev–Trinajstić information content (AvgIpc) is 3.04. The molecule has 3 N–H and O–H groups in total. The Bertz CT molecular complexity index is 1040. The molecule has 2 aromatic carbocycles. The minimum absolute atomic E-state index is 0.0166. The Balaban J connectivity index is 1.59. The minimum Gasteiger partial charge on any atom is -0.505 e. The smallest absolute Gasteiger partial charge is 0.255 e. The van der Waals surface area contributed by atoms with Gasteiger partial charge in [-0.25, -0.2) is 4.39 Å². The van der Waals surface area contributed by atoms with Crippen LogP contribution in [0.2, 0.25) is 0 Å². The molecule has 1 atom stereocenters. The van der Waals surface area contributed by atoms with E-state index in [-0.39, 0.29) is 31.5 Å². The second-order valence-corrected chi connectivity index (χ2v) is 6.65. The van der Waals surface area contributed by atoms with Gasteiger partial charge in [-0.15, -0.1) is 0 Å². The van der Waals surface area contributed by atoms with Crippen molar-refractivity contribution < 1.29 is 25.3 Å². The summed E-state index contributed by atoms with van der Waals surface area (Å²) in [6.45, 7) is 0.0941. The van der Waals surface area contributed by atoms with E-state index < -0.39 is 35.3 Å². The number of aromatic hydroxyl groups is 1. The first kappa shape index (κ1) is 16.7. The van der Waals surface area contributed by atoms with Crippen molar-refractivity contribution in [2.24, 2.45) is 0 Å². The maximum Gasteiger partial charge on any atom is 0.255 e. The van der Waals surface area contributed by atoms with Crippen LogP contribution < -0.4 is 10.6 Å². The van der Waals surface area contributed by atoms with Gasteiger partial charge in [0.2, 0.25) is 11.8 Å². The van der Waals surface area contributed by atoms with E-state index in [2.05, 4.69) is 10.6 Å². The van der Waals surface area contributed by atoms with Crippen molar-refractivity contribution >= 4 is 23.4 Å². The number of anilines is 1. The number of hydrogen-bond acceptors (Lipinski definition) is 5. The highest BCUT2D eigenvalue weighted by atomic mass is 19.1. The van der Waals surface area contributed by atoms with Crippen LogP contribution in [-0.2, 0) is 22.7 Å². The molecule has 1 saturated heterocycles. The number of amides is 3. The highest BCUT2D eigenvalue weighted by Crippen LogP contribution is 2.32. The first-order valence-corrected chi connectivity index (χ1v) is 8.79. The number of benzene rings is 2. The maximum absolute atomic E-state index is 14.0. The fraction of sp³-hybridized carbons (Fsp3) is 0.250. The highest BCUT2D eigenvalue weighted by molar-refractivity contribution is 6.06. The van der Waals surface area contributed by atoms with E-state index in [9.17, 15) is 23.9 Å². The lowest BCUT2D eigenvalue weighted by molar-refractivity contribution is -0.136. The van der Waals surface area contributed by atoms with Crippen LogP contribution in [0.4, 0.5) is 10.1 Å². The number of phenolic OH excluding ortho intramolecular Hbond substituents is 1. The summed E-state index contributed by atoms with van der Waals surface area (Å²) in [6.07, 6.45) is -0.0914. The van der Waals surface area contributed by atoms with Gasteiger partial charge in [0.25, 0.3) is 5.91 Å². The summed E-state index contributed by atoms with van der Waals surface area (Å²) in [7, 11) is 0. The quantitative estimate of drug-likeness (QED) is 0.700. The van der Waals surface area contributed by atoms with E-state index >= 15 is 0 Å². The normalized spacial score (nSPS) is 22.0. The molecular weight excluding hydrogens is 365 g/mol. The molecule has 2 aliphatic heterocycles. The average molecular weight is 384 g/mol. The zero-order valence-corrected chi connectivity index (χ0v) is 14.8. The molecule has 1 fully saturated rings. The molecule has 0 radical (unpaired) electrons. The molecule has 8 heteroatoms. The van der Waals surface area contributed by atoms with Gasteiger partial charge in [-0.1, -0.05) is 18.2 Å². The Hall–Kier alpha value is -3.42. The Morgan fingerprint density at radius 2 is 2.04 bits per heavy atom. The lowest BCUT2D eigenvalue weighted by atomic mass is 10.0. The molecule has 28 heavy (non-hydrogen) atoms. The van der Waals surface area contributed by atoms with Crippen LogP contribution in [0, 0.1) is 5.82 Å². The monoisotopic (exact) mass is 384 g/mol. The summed E-state index contributed by atoms with van der Waals surface area (Å²) in [5.41, 5.74) is 1.76. The van der Waals surface area contributed by atoms with Crippen LogP contribution in [-0.4, -0.2) is 33.7 Å². The first-order chi connectivity index (χ1) is 13.8. The van der Waals surface area contributed by atoms with Gasteiger partial charge in [0.1, 0.15) is 6.02 Å². The number of nitrogens with one attached hydrogen (secondary N) is 2. The summed E-state index contributed by atoms with van der Waals surface area (Å²) in [6, 6.07) is 7.43. The number of imide groups is 1. The zero-order valence-electron chi connectivity index (χ0n) is 15.8. The SMILES string of the molecule is [2H]C1(N2Cc3c(NCc4cccc(O)c4F)cccc3C2=O)CCC(=O)NC1=O. The van der Waals surface area contributed by atoms with Crippen molar-refractivity contribution in [3.8, 4) is 5.75 Å². The predicted molar refractivity (Wildman–Crippen MR) is 97.9 cm³/mol. The second-order valence-electron chi connectivity index (χ2n) is 6.65. The number of rotatable bonds is 4. The Labute approximate surface area is 161 Å². The summed E-state index contributed by atoms with van der Waals surface area (Å²) < 4.78 is 22.5. The number of phenols is 1. The largest absolute Gasteiger partial charge is 0.505 e. The van der Waals surface area contributed by atoms with Crippen molar-refractivity contribution in [2.75, 3.05) is 5.32 Å². The molecule has 0 saturated carbocycles. The van der Waals surface area contributed by atoms with Crippen molar-refractivity contribution in [3.05, 3.63) is 58.9 Å². The van der Waals surface area contributed by atoms with Gasteiger partial charge in [-0.2, -0.15) is 0 Å². The molecule has 0 spiro atoms. The van der Waals surface area contributed by atoms with Gasteiger partial charge in [-0.05, 0) is 24.6 Å². The zero-order chi connectivity index (χ0) is 20.8. The number of hydrogen-bond donors (Lipinski definition) is 3. The van der Waals surface area contributed by atoms with E-state index in [1.807, 2.05) is 0 Å². The number of piperidine rings is 1. The summed E-state index contributed by atoms with van der Waals surface area (Å²) in [5.74, 6) is -2.91. The fourth-order valence-electron chi connectivity index (χ4n) is 3.47. The van der Waals surface area contributed by atoms with E-state index in [0.717, 1.165) is 4.90 Å². The number of nitrogens with zero attached hydrogens (tertiary/aromatic N) is 1. The van der Waals surface area contributed by atoms with Gasteiger partial charge in [0, 0.05) is 41.9 Å². The van der Waals surface area contributed by atoms with Gasteiger partial charge >= 0.3 is 0 Å². The summed E-state index contributed by atoms with van der Waals surface area (Å²) >= 11 is 0. The van der Waals surface area contributed by atoms with E-state index in [4.69, 9.17) is 1.37 Å². The number of halogens is 1. The van der Waals surface area contributed by atoms with Crippen molar-refractivity contribution in [1.82, 2.24) is 10.2 Å². The first-order valence-electron chi connectivity index (χ1n) is 9.29. The van der Waals surface area contributed by atoms with E-state index in [1.54, 1.807) is 18.2 Å². The molecule has 2 aliphatic rings. The molecule has 4 rings (SSSR count). The third-order valence-electron chi connectivity index (χ3n) is 4.93. The number of fused-ring (bicyclic) bond motifs is 1. The molecule has 144 valence electrons. The van der Waals surface area contributed by atoms with Crippen LogP contribution in [0.5, 0.6) is 5.75 Å². The van der Waals surface area contributed by atoms with Crippen LogP contribution in [0.3, 0.4) is 0 Å². The van der Waals surface area contributed by atoms with Gasteiger partial charge < -0.3 is 15.3 Å². The van der Waals surface area contributed by atoms with Crippen LogP contribution >= 0.6 is 0 Å². The van der Waals surface area contributed by atoms with Gasteiger partial charge in [0.05, 0.1) is 1.37 Å². The Morgan fingerprint density at radius 3 is 2.82 bits per heavy atom. The van der Waals surface area contributed by atoms with Gasteiger partial charge in [0.15, 0.2) is 11.6 Å².